The highest BCUT2D eigenvalue weighted by atomic mass is 16.4. The molecule has 0 spiro atoms. The monoisotopic (exact) mass is 289 g/mol. The van der Waals surface area contributed by atoms with Crippen molar-refractivity contribution in [2.75, 3.05) is 11.9 Å². The molecule has 0 heterocycles. The highest BCUT2D eigenvalue weighted by Gasteiger charge is 2.26. The number of urea groups is 1. The minimum atomic E-state index is -1.05. The molecule has 0 aliphatic heterocycles. The van der Waals surface area contributed by atoms with E-state index in [-0.39, 0.29) is 5.92 Å². The summed E-state index contributed by atoms with van der Waals surface area (Å²) in [4.78, 5) is 24.6. The maximum atomic E-state index is 12.1. The highest BCUT2D eigenvalue weighted by Crippen LogP contribution is 2.15. The highest BCUT2D eigenvalue weighted by molar-refractivity contribution is 5.94. The lowest BCUT2D eigenvalue weighted by Crippen LogP contribution is -2.49. The van der Waals surface area contributed by atoms with Crippen LogP contribution in [0, 0.1) is 17.2 Å². The van der Waals surface area contributed by atoms with Gasteiger partial charge in [0.25, 0.3) is 0 Å². The predicted molar refractivity (Wildman–Crippen MR) is 79.0 cm³/mol. The lowest BCUT2D eigenvalue weighted by molar-refractivity contribution is -0.140. The second-order valence-electron chi connectivity index (χ2n) is 4.87. The first-order valence-corrected chi connectivity index (χ1v) is 6.67. The Morgan fingerprint density at radius 3 is 2.38 bits per heavy atom. The molecule has 1 aromatic rings. The summed E-state index contributed by atoms with van der Waals surface area (Å²) >= 11 is 0. The zero-order valence-electron chi connectivity index (χ0n) is 12.3. The van der Waals surface area contributed by atoms with Gasteiger partial charge in [0.05, 0.1) is 11.6 Å². The summed E-state index contributed by atoms with van der Waals surface area (Å²) < 4.78 is 0. The number of carbonyl (C=O) groups excluding carboxylic acids is 1. The van der Waals surface area contributed by atoms with Crippen LogP contribution in [0.25, 0.3) is 0 Å². The molecule has 0 saturated heterocycles. The number of amides is 2. The average Bonchev–Trinajstić information content (AvgIpc) is 2.50. The van der Waals surface area contributed by atoms with Crippen molar-refractivity contribution < 1.29 is 14.7 Å². The predicted octanol–water partition coefficient (Wildman–Crippen LogP) is 2.20. The van der Waals surface area contributed by atoms with Gasteiger partial charge in [-0.25, -0.2) is 9.59 Å². The lowest BCUT2D eigenvalue weighted by atomic mass is 9.99. The number of rotatable bonds is 5. The number of aliphatic carboxylic acids is 1. The van der Waals surface area contributed by atoms with Gasteiger partial charge in [-0.1, -0.05) is 20.3 Å². The van der Waals surface area contributed by atoms with E-state index in [1.54, 1.807) is 38.2 Å². The van der Waals surface area contributed by atoms with Crippen LogP contribution in [0.3, 0.4) is 0 Å². The first-order valence-electron chi connectivity index (χ1n) is 6.67. The number of anilines is 1. The van der Waals surface area contributed by atoms with Gasteiger partial charge in [0.1, 0.15) is 6.04 Å². The van der Waals surface area contributed by atoms with Gasteiger partial charge >= 0.3 is 12.0 Å². The van der Waals surface area contributed by atoms with Crippen molar-refractivity contribution in [3.63, 3.8) is 0 Å². The third-order valence-electron chi connectivity index (χ3n) is 3.45. The number of nitrogens with zero attached hydrogens (tertiary/aromatic N) is 2. The van der Waals surface area contributed by atoms with Crippen LogP contribution in [-0.4, -0.2) is 30.2 Å². The Morgan fingerprint density at radius 1 is 1.38 bits per heavy atom. The summed E-state index contributed by atoms with van der Waals surface area (Å²) in [5.41, 5.74) is 1.08. The Labute approximate surface area is 124 Å². The number of carboxylic acids is 1. The summed E-state index contributed by atoms with van der Waals surface area (Å²) in [5.74, 6) is -1.22. The average molecular weight is 289 g/mol. The fourth-order valence-corrected chi connectivity index (χ4v) is 1.79. The van der Waals surface area contributed by atoms with Crippen LogP contribution < -0.4 is 10.2 Å². The van der Waals surface area contributed by atoms with E-state index in [1.807, 2.05) is 13.0 Å². The maximum absolute atomic E-state index is 12.1. The molecule has 2 amide bonds. The molecule has 6 nitrogen and oxygen atoms in total. The molecule has 6 heteroatoms. The fourth-order valence-electron chi connectivity index (χ4n) is 1.79. The molecule has 0 radical (unpaired) electrons. The van der Waals surface area contributed by atoms with Gasteiger partial charge < -0.3 is 10.4 Å². The molecule has 0 aromatic heterocycles. The molecule has 21 heavy (non-hydrogen) atoms. The van der Waals surface area contributed by atoms with Gasteiger partial charge in [-0.3, -0.25) is 4.90 Å². The number of hydrogen-bond acceptors (Lipinski definition) is 3. The molecule has 0 bridgehead atoms. The quantitative estimate of drug-likeness (QED) is 0.869. The molecule has 0 aliphatic carbocycles. The number of benzene rings is 1. The SMILES string of the molecule is CCC(C)[C@H](NC(=O)N(C)c1ccc(C#N)cc1)C(=O)O. The van der Waals surface area contributed by atoms with Crippen molar-refractivity contribution in [1.82, 2.24) is 5.32 Å². The van der Waals surface area contributed by atoms with E-state index in [0.29, 0.717) is 17.7 Å². The molecule has 1 aromatic carbocycles. The van der Waals surface area contributed by atoms with Gasteiger partial charge in [-0.05, 0) is 30.2 Å². The number of carbonyl (C=O) groups is 2. The van der Waals surface area contributed by atoms with Gasteiger partial charge in [-0.15, -0.1) is 0 Å². The molecule has 0 saturated carbocycles. The lowest BCUT2D eigenvalue weighted by Gasteiger charge is -2.24. The van der Waals surface area contributed by atoms with Crippen molar-refractivity contribution in [3.8, 4) is 6.07 Å². The van der Waals surface area contributed by atoms with Crippen LogP contribution in [0.4, 0.5) is 10.5 Å². The van der Waals surface area contributed by atoms with E-state index in [4.69, 9.17) is 5.26 Å². The van der Waals surface area contributed by atoms with E-state index in [1.165, 1.54) is 4.90 Å². The molecule has 0 aliphatic rings. The van der Waals surface area contributed by atoms with Crippen LogP contribution in [0.1, 0.15) is 25.8 Å². The van der Waals surface area contributed by atoms with E-state index >= 15 is 0 Å². The van der Waals surface area contributed by atoms with Crippen LogP contribution >= 0.6 is 0 Å². The van der Waals surface area contributed by atoms with Gasteiger partial charge in [0.2, 0.25) is 0 Å². The molecule has 2 atom stereocenters. The van der Waals surface area contributed by atoms with Crippen LogP contribution in [0.5, 0.6) is 0 Å². The Morgan fingerprint density at radius 2 is 1.95 bits per heavy atom. The van der Waals surface area contributed by atoms with Crippen molar-refractivity contribution in [3.05, 3.63) is 29.8 Å². The summed E-state index contributed by atoms with van der Waals surface area (Å²) in [6.07, 6.45) is 0.651. The van der Waals surface area contributed by atoms with Crippen molar-refractivity contribution in [2.45, 2.75) is 26.3 Å². The van der Waals surface area contributed by atoms with Crippen molar-refractivity contribution in [1.29, 1.82) is 5.26 Å². The van der Waals surface area contributed by atoms with Gasteiger partial charge in [0.15, 0.2) is 0 Å². The summed E-state index contributed by atoms with van der Waals surface area (Å²) in [6.45, 7) is 3.65. The van der Waals surface area contributed by atoms with E-state index in [0.717, 1.165) is 0 Å². The molecule has 0 fully saturated rings. The van der Waals surface area contributed by atoms with E-state index in [9.17, 15) is 14.7 Å². The Hall–Kier alpha value is -2.55. The number of carboxylic acid groups (broad SMARTS) is 1. The number of nitriles is 1. The first kappa shape index (κ1) is 16.5. The zero-order valence-corrected chi connectivity index (χ0v) is 12.3. The Bertz CT molecular complexity index is 548. The smallest absolute Gasteiger partial charge is 0.326 e. The zero-order chi connectivity index (χ0) is 16.0. The molecular formula is C15H19N3O3. The van der Waals surface area contributed by atoms with Crippen molar-refractivity contribution >= 4 is 17.7 Å². The first-order chi connectivity index (χ1) is 9.90. The topological polar surface area (TPSA) is 93.4 Å². The maximum Gasteiger partial charge on any atom is 0.326 e. The molecule has 112 valence electrons. The second kappa shape index (κ2) is 7.29. The fraction of sp³-hybridized carbons (Fsp3) is 0.400. The Kier molecular flexibility index (Phi) is 5.73. The molecule has 2 N–H and O–H groups in total. The van der Waals surface area contributed by atoms with Gasteiger partial charge in [-0.2, -0.15) is 5.26 Å². The van der Waals surface area contributed by atoms with Crippen LogP contribution in [0.15, 0.2) is 24.3 Å². The molecular weight excluding hydrogens is 270 g/mol. The third-order valence-corrected chi connectivity index (χ3v) is 3.45. The van der Waals surface area contributed by atoms with Crippen molar-refractivity contribution in [2.24, 2.45) is 5.92 Å². The second-order valence-corrected chi connectivity index (χ2v) is 4.87. The van der Waals surface area contributed by atoms with Crippen LogP contribution in [-0.2, 0) is 4.79 Å². The number of hydrogen-bond donors (Lipinski definition) is 2. The van der Waals surface area contributed by atoms with Crippen LogP contribution in [0.2, 0.25) is 0 Å². The molecule has 1 unspecified atom stereocenters. The standard InChI is InChI=1S/C15H19N3O3/c1-4-10(2)13(14(19)20)17-15(21)18(3)12-7-5-11(9-16)6-8-12/h5-8,10,13H,4H2,1-3H3,(H,17,21)(H,19,20)/t10?,13-/m0/s1. The van der Waals surface area contributed by atoms with Gasteiger partial charge in [0, 0.05) is 12.7 Å². The van der Waals surface area contributed by atoms with E-state index < -0.39 is 18.0 Å². The Balaban J connectivity index is 2.81. The third kappa shape index (κ3) is 4.21. The largest absolute Gasteiger partial charge is 0.480 e. The minimum Gasteiger partial charge on any atom is -0.480 e. The minimum absolute atomic E-state index is 0.166. The summed E-state index contributed by atoms with van der Waals surface area (Å²) in [6, 6.07) is 7.05. The summed E-state index contributed by atoms with van der Waals surface area (Å²) in [5, 5.41) is 20.4. The number of nitrogens with one attached hydrogen (secondary N) is 1. The molecule has 1 rings (SSSR count). The summed E-state index contributed by atoms with van der Waals surface area (Å²) in [7, 11) is 1.55. The normalized spacial score (nSPS) is 12.9. The van der Waals surface area contributed by atoms with E-state index in [2.05, 4.69) is 5.32 Å².